The zero-order valence-electron chi connectivity index (χ0n) is 15.0. The summed E-state index contributed by atoms with van der Waals surface area (Å²) >= 11 is 6.68. The molecule has 0 spiro atoms. The lowest BCUT2D eigenvalue weighted by Gasteiger charge is -2.32. The molecule has 0 radical (unpaired) electrons. The molecule has 7 heteroatoms. The summed E-state index contributed by atoms with van der Waals surface area (Å²) in [7, 11) is 0. The summed E-state index contributed by atoms with van der Waals surface area (Å²) in [6.45, 7) is 5.08. The van der Waals surface area contributed by atoms with Crippen molar-refractivity contribution < 1.29 is 4.74 Å². The van der Waals surface area contributed by atoms with Crippen LogP contribution in [0.25, 0.3) is 0 Å². The molecule has 4 rings (SSSR count). The van der Waals surface area contributed by atoms with Gasteiger partial charge in [0, 0.05) is 42.2 Å². The second-order valence-corrected chi connectivity index (χ2v) is 7.33. The molecule has 0 bridgehead atoms. The molecule has 2 aliphatic heterocycles. The molecule has 1 aromatic carbocycles. The number of nitrogens with one attached hydrogen (secondary N) is 1. The highest BCUT2D eigenvalue weighted by atomic mass is 35.5. The Morgan fingerprint density at radius 1 is 1.27 bits per heavy atom. The number of nitrogens with two attached hydrogens (primary N) is 1. The monoisotopic (exact) mass is 373 g/mol. The number of hydrogen-bond acceptors (Lipinski definition) is 6. The third kappa shape index (κ3) is 3.44. The number of rotatable bonds is 2. The van der Waals surface area contributed by atoms with Gasteiger partial charge in [0.1, 0.15) is 5.82 Å². The molecule has 0 saturated carbocycles. The quantitative estimate of drug-likeness (QED) is 0.840. The van der Waals surface area contributed by atoms with E-state index >= 15 is 0 Å². The highest BCUT2D eigenvalue weighted by molar-refractivity contribution is 6.31. The van der Waals surface area contributed by atoms with Gasteiger partial charge in [-0.25, -0.2) is 4.98 Å². The fourth-order valence-electron chi connectivity index (χ4n) is 3.80. The molecule has 2 aromatic rings. The van der Waals surface area contributed by atoms with E-state index in [0.717, 1.165) is 66.7 Å². The van der Waals surface area contributed by atoms with Gasteiger partial charge in [0.25, 0.3) is 0 Å². The van der Waals surface area contributed by atoms with E-state index < -0.39 is 0 Å². The van der Waals surface area contributed by atoms with E-state index in [0.29, 0.717) is 12.6 Å². The molecule has 0 aliphatic carbocycles. The predicted octanol–water partition coefficient (Wildman–Crippen LogP) is 3.35. The number of aryl methyl sites for hydroxylation is 2. The van der Waals surface area contributed by atoms with Crippen molar-refractivity contribution in [2.75, 3.05) is 42.3 Å². The molecule has 0 amide bonds. The first-order valence-electron chi connectivity index (χ1n) is 9.13. The fraction of sp³-hybridized carbons (Fsp3) is 0.474. The number of benzene rings is 1. The van der Waals surface area contributed by atoms with Crippen LogP contribution in [-0.2, 0) is 11.2 Å². The van der Waals surface area contributed by atoms with E-state index in [-0.39, 0.29) is 6.04 Å². The van der Waals surface area contributed by atoms with Gasteiger partial charge in [0.15, 0.2) is 0 Å². The molecular formula is C19H24ClN5O. The maximum Gasteiger partial charge on any atom is 0.222 e. The van der Waals surface area contributed by atoms with E-state index in [9.17, 15) is 0 Å². The van der Waals surface area contributed by atoms with Gasteiger partial charge in [-0.3, -0.25) is 0 Å². The average Bonchev–Trinajstić information content (AvgIpc) is 2.86. The summed E-state index contributed by atoms with van der Waals surface area (Å²) in [6.07, 6.45) is 3.14. The highest BCUT2D eigenvalue weighted by Gasteiger charge is 2.28. The van der Waals surface area contributed by atoms with Gasteiger partial charge in [0.2, 0.25) is 5.95 Å². The zero-order chi connectivity index (χ0) is 18.1. The number of halogens is 1. The summed E-state index contributed by atoms with van der Waals surface area (Å²) in [5, 5.41) is 4.20. The number of fused-ring (bicyclic) bond motifs is 1. The first kappa shape index (κ1) is 17.4. The topological polar surface area (TPSA) is 76.3 Å². The van der Waals surface area contributed by atoms with Crippen LogP contribution in [0.3, 0.4) is 0 Å². The first-order chi connectivity index (χ1) is 12.6. The van der Waals surface area contributed by atoms with Crippen molar-refractivity contribution >= 4 is 29.1 Å². The third-order valence-corrected chi connectivity index (χ3v) is 5.34. The normalized spacial score (nSPS) is 20.2. The first-order valence-corrected chi connectivity index (χ1v) is 9.51. The van der Waals surface area contributed by atoms with Crippen LogP contribution >= 0.6 is 11.6 Å². The Morgan fingerprint density at radius 2 is 2.15 bits per heavy atom. The standard InChI is InChI=1S/C19H24ClN5O/c1-12-8-18(24-19(21)23-12)25-6-3-7-26-11-17(25)14-9-13-4-2-5-22-16(13)10-15(14)20/h8-10,17,22H,2-7,11H2,1H3,(H2,21,23,24)/t17-/m1/s1. The summed E-state index contributed by atoms with van der Waals surface area (Å²) < 4.78 is 5.88. The molecule has 1 atom stereocenters. The van der Waals surface area contributed by atoms with Crippen LogP contribution in [0.4, 0.5) is 17.5 Å². The Hall–Kier alpha value is -2.05. The molecule has 138 valence electrons. The summed E-state index contributed by atoms with van der Waals surface area (Å²) in [4.78, 5) is 10.9. The van der Waals surface area contributed by atoms with Gasteiger partial charge in [-0.1, -0.05) is 17.7 Å². The minimum absolute atomic E-state index is 0.00549. The van der Waals surface area contributed by atoms with Crippen molar-refractivity contribution in [3.8, 4) is 0 Å². The fourth-order valence-corrected chi connectivity index (χ4v) is 4.09. The van der Waals surface area contributed by atoms with Crippen LogP contribution in [0.2, 0.25) is 5.02 Å². The molecule has 1 aromatic heterocycles. The molecule has 26 heavy (non-hydrogen) atoms. The van der Waals surface area contributed by atoms with E-state index in [1.807, 2.05) is 19.1 Å². The number of nitrogens with zero attached hydrogens (tertiary/aromatic N) is 3. The molecular weight excluding hydrogens is 350 g/mol. The number of aromatic nitrogens is 2. The number of nitrogen functional groups attached to an aromatic ring is 1. The van der Waals surface area contributed by atoms with E-state index in [1.54, 1.807) is 0 Å². The van der Waals surface area contributed by atoms with Crippen LogP contribution in [0.15, 0.2) is 18.2 Å². The van der Waals surface area contributed by atoms with Crippen LogP contribution in [0.5, 0.6) is 0 Å². The van der Waals surface area contributed by atoms with Crippen molar-refractivity contribution in [3.05, 3.63) is 40.0 Å². The van der Waals surface area contributed by atoms with Gasteiger partial charge in [-0.15, -0.1) is 0 Å². The van der Waals surface area contributed by atoms with E-state index in [1.165, 1.54) is 5.56 Å². The zero-order valence-corrected chi connectivity index (χ0v) is 15.7. The molecule has 1 fully saturated rings. The van der Waals surface area contributed by atoms with Gasteiger partial charge in [-0.2, -0.15) is 4.98 Å². The largest absolute Gasteiger partial charge is 0.385 e. The molecule has 0 unspecified atom stereocenters. The Kier molecular flexibility index (Phi) is 4.87. The summed E-state index contributed by atoms with van der Waals surface area (Å²) in [6, 6.07) is 6.26. The van der Waals surface area contributed by atoms with E-state index in [4.69, 9.17) is 22.1 Å². The van der Waals surface area contributed by atoms with Crippen molar-refractivity contribution in [1.29, 1.82) is 0 Å². The van der Waals surface area contributed by atoms with Crippen LogP contribution < -0.4 is 16.0 Å². The summed E-state index contributed by atoms with van der Waals surface area (Å²) in [5.41, 5.74) is 10.3. The van der Waals surface area contributed by atoms with Gasteiger partial charge < -0.3 is 20.7 Å². The average molecular weight is 374 g/mol. The maximum absolute atomic E-state index is 6.68. The Morgan fingerprint density at radius 3 is 3.00 bits per heavy atom. The van der Waals surface area contributed by atoms with Crippen LogP contribution in [0.1, 0.15) is 35.7 Å². The molecule has 3 N–H and O–H groups in total. The molecule has 3 heterocycles. The Labute approximate surface area is 158 Å². The molecule has 6 nitrogen and oxygen atoms in total. The van der Waals surface area contributed by atoms with Gasteiger partial charge in [-0.05, 0) is 43.4 Å². The number of ether oxygens (including phenoxy) is 1. The predicted molar refractivity (Wildman–Crippen MR) is 105 cm³/mol. The van der Waals surface area contributed by atoms with Crippen molar-refractivity contribution in [2.45, 2.75) is 32.2 Å². The van der Waals surface area contributed by atoms with Crippen molar-refractivity contribution in [2.24, 2.45) is 0 Å². The van der Waals surface area contributed by atoms with Crippen LogP contribution in [0, 0.1) is 6.92 Å². The Bertz CT molecular complexity index is 793. The van der Waals surface area contributed by atoms with E-state index in [2.05, 4.69) is 26.3 Å². The lowest BCUT2D eigenvalue weighted by atomic mass is 9.96. The second-order valence-electron chi connectivity index (χ2n) is 6.92. The van der Waals surface area contributed by atoms with Crippen LogP contribution in [-0.4, -0.2) is 36.3 Å². The number of anilines is 3. The molecule has 1 saturated heterocycles. The highest BCUT2D eigenvalue weighted by Crippen LogP contribution is 2.37. The lowest BCUT2D eigenvalue weighted by molar-refractivity contribution is 0.134. The van der Waals surface area contributed by atoms with Crippen molar-refractivity contribution in [1.82, 2.24) is 9.97 Å². The number of hydrogen-bond donors (Lipinski definition) is 2. The van der Waals surface area contributed by atoms with Crippen molar-refractivity contribution in [3.63, 3.8) is 0 Å². The third-order valence-electron chi connectivity index (χ3n) is 5.01. The second kappa shape index (κ2) is 7.29. The SMILES string of the molecule is Cc1cc(N2CCCOC[C@@H]2c2cc3c(cc2Cl)NCCC3)nc(N)n1. The smallest absolute Gasteiger partial charge is 0.222 e. The maximum atomic E-state index is 6.68. The Balaban J connectivity index is 1.76. The minimum atomic E-state index is 0.00549. The lowest BCUT2D eigenvalue weighted by Crippen LogP contribution is -2.32. The minimum Gasteiger partial charge on any atom is -0.385 e. The van der Waals surface area contributed by atoms with Gasteiger partial charge >= 0.3 is 0 Å². The summed E-state index contributed by atoms with van der Waals surface area (Å²) in [5.74, 6) is 1.13. The van der Waals surface area contributed by atoms with Gasteiger partial charge in [0.05, 0.1) is 12.6 Å². The molecule has 2 aliphatic rings.